The average Bonchev–Trinajstić information content (AvgIpc) is 3.02. The van der Waals surface area contributed by atoms with Crippen LogP contribution < -0.4 is 5.32 Å². The van der Waals surface area contributed by atoms with Crippen LogP contribution >= 0.6 is 0 Å². The molecule has 3 fully saturated rings. The molecule has 3 aliphatic rings. The highest BCUT2D eigenvalue weighted by molar-refractivity contribution is 5.89. The first-order chi connectivity index (χ1) is 12.8. The fourth-order valence-electron chi connectivity index (χ4n) is 5.20. The minimum atomic E-state index is -0.186. The van der Waals surface area contributed by atoms with Crippen molar-refractivity contribution in [2.24, 2.45) is 23.2 Å². The van der Waals surface area contributed by atoms with Crippen LogP contribution in [0.5, 0.6) is 0 Å². The van der Waals surface area contributed by atoms with Crippen LogP contribution in [-0.4, -0.2) is 48.6 Å². The molecule has 5 nitrogen and oxygen atoms in total. The summed E-state index contributed by atoms with van der Waals surface area (Å²) in [5.41, 5.74) is 0.0774. The number of amides is 2. The van der Waals surface area contributed by atoms with Crippen LogP contribution in [0, 0.1) is 23.2 Å². The normalized spacial score (nSPS) is 35.3. The Balaban J connectivity index is 1.50. The van der Waals surface area contributed by atoms with E-state index in [1.807, 2.05) is 4.90 Å². The number of nitrogens with zero attached hydrogens (tertiary/aromatic N) is 1. The second-order valence-electron chi connectivity index (χ2n) is 10.2. The molecule has 3 atom stereocenters. The van der Waals surface area contributed by atoms with Crippen LogP contribution in [0.2, 0.25) is 0 Å². The van der Waals surface area contributed by atoms with Crippen molar-refractivity contribution in [1.82, 2.24) is 10.2 Å². The SMILES string of the molecule is CC1CCC(N2C[C@H](C(=O)NC[C@@H]3CCCO[C@H]3C(C)(C)C)CC2=O)CC1. The van der Waals surface area contributed by atoms with Gasteiger partial charge in [-0.25, -0.2) is 0 Å². The number of hydrogen-bond donors (Lipinski definition) is 1. The Morgan fingerprint density at radius 1 is 1.19 bits per heavy atom. The summed E-state index contributed by atoms with van der Waals surface area (Å²) in [6, 6.07) is 0.350. The highest BCUT2D eigenvalue weighted by Gasteiger charge is 2.40. The van der Waals surface area contributed by atoms with Crippen molar-refractivity contribution < 1.29 is 14.3 Å². The molecule has 0 aromatic carbocycles. The number of likely N-dealkylation sites (tertiary alicyclic amines) is 1. The summed E-state index contributed by atoms with van der Waals surface area (Å²) < 4.78 is 6.02. The van der Waals surface area contributed by atoms with Gasteiger partial charge in [-0.3, -0.25) is 9.59 Å². The quantitative estimate of drug-likeness (QED) is 0.816. The monoisotopic (exact) mass is 378 g/mol. The van der Waals surface area contributed by atoms with Crippen LogP contribution in [0.1, 0.15) is 72.6 Å². The minimum Gasteiger partial charge on any atom is -0.377 e. The van der Waals surface area contributed by atoms with Gasteiger partial charge >= 0.3 is 0 Å². The van der Waals surface area contributed by atoms with Gasteiger partial charge < -0.3 is 15.0 Å². The zero-order valence-corrected chi connectivity index (χ0v) is 17.6. The summed E-state index contributed by atoms with van der Waals surface area (Å²) >= 11 is 0. The summed E-state index contributed by atoms with van der Waals surface area (Å²) in [7, 11) is 0. The standard InChI is InChI=1S/C22H38N2O3/c1-15-7-9-18(10-8-15)24-14-17(12-19(24)25)21(26)23-13-16-6-5-11-27-20(16)22(2,3)4/h15-18,20H,5-14H2,1-4H3,(H,23,26)/t15?,16-,17+,18?,20+/m0/s1. The zero-order chi connectivity index (χ0) is 19.6. The van der Waals surface area contributed by atoms with Gasteiger partial charge in [-0.1, -0.05) is 27.7 Å². The predicted molar refractivity (Wildman–Crippen MR) is 106 cm³/mol. The molecule has 27 heavy (non-hydrogen) atoms. The number of ether oxygens (including phenoxy) is 1. The van der Waals surface area contributed by atoms with Crippen molar-refractivity contribution in [1.29, 1.82) is 0 Å². The van der Waals surface area contributed by atoms with Gasteiger partial charge in [-0.2, -0.15) is 0 Å². The summed E-state index contributed by atoms with van der Waals surface area (Å²) in [5.74, 6) is 1.16. The molecule has 0 bridgehead atoms. The van der Waals surface area contributed by atoms with E-state index in [0.29, 0.717) is 31.5 Å². The lowest BCUT2D eigenvalue weighted by atomic mass is 9.78. The van der Waals surface area contributed by atoms with E-state index in [2.05, 4.69) is 33.0 Å². The molecule has 1 N–H and O–H groups in total. The Hall–Kier alpha value is -1.10. The van der Waals surface area contributed by atoms with E-state index in [0.717, 1.165) is 38.2 Å². The van der Waals surface area contributed by atoms with Crippen LogP contribution in [0.3, 0.4) is 0 Å². The molecule has 2 saturated heterocycles. The molecule has 5 heteroatoms. The molecular weight excluding hydrogens is 340 g/mol. The molecule has 0 spiro atoms. The van der Waals surface area contributed by atoms with Crippen molar-refractivity contribution >= 4 is 11.8 Å². The average molecular weight is 379 g/mol. The lowest BCUT2D eigenvalue weighted by molar-refractivity contribution is -0.131. The fraction of sp³-hybridized carbons (Fsp3) is 0.909. The van der Waals surface area contributed by atoms with E-state index in [1.54, 1.807) is 0 Å². The first-order valence-electron chi connectivity index (χ1n) is 10.9. The maximum absolute atomic E-state index is 12.7. The Bertz CT molecular complexity index is 534. The van der Waals surface area contributed by atoms with E-state index in [9.17, 15) is 9.59 Å². The van der Waals surface area contributed by atoms with Gasteiger partial charge in [-0.05, 0) is 49.9 Å². The number of nitrogens with one attached hydrogen (secondary N) is 1. The third kappa shape index (κ3) is 5.04. The highest BCUT2D eigenvalue weighted by Crippen LogP contribution is 2.34. The maximum Gasteiger partial charge on any atom is 0.225 e. The lowest BCUT2D eigenvalue weighted by Gasteiger charge is -2.40. The molecule has 2 heterocycles. The second-order valence-corrected chi connectivity index (χ2v) is 10.2. The van der Waals surface area contributed by atoms with Crippen molar-refractivity contribution in [3.05, 3.63) is 0 Å². The maximum atomic E-state index is 12.7. The van der Waals surface area contributed by atoms with Gasteiger partial charge in [0.25, 0.3) is 0 Å². The van der Waals surface area contributed by atoms with Gasteiger partial charge in [0.05, 0.1) is 12.0 Å². The van der Waals surface area contributed by atoms with Gasteiger partial charge in [0, 0.05) is 38.1 Å². The van der Waals surface area contributed by atoms with E-state index in [1.165, 1.54) is 12.8 Å². The molecule has 3 rings (SSSR count). The lowest BCUT2D eigenvalue weighted by Crippen LogP contribution is -2.46. The van der Waals surface area contributed by atoms with Crippen LogP contribution in [-0.2, 0) is 14.3 Å². The zero-order valence-electron chi connectivity index (χ0n) is 17.6. The largest absolute Gasteiger partial charge is 0.377 e. The summed E-state index contributed by atoms with van der Waals surface area (Å²) in [4.78, 5) is 27.2. The van der Waals surface area contributed by atoms with E-state index in [4.69, 9.17) is 4.74 Å². The first kappa shape index (κ1) is 20.6. The molecule has 154 valence electrons. The Morgan fingerprint density at radius 2 is 1.89 bits per heavy atom. The van der Waals surface area contributed by atoms with Gasteiger partial charge in [0.2, 0.25) is 11.8 Å². The predicted octanol–water partition coefficient (Wildman–Crippen LogP) is 3.37. The van der Waals surface area contributed by atoms with Crippen LogP contribution in [0.25, 0.3) is 0 Å². The Morgan fingerprint density at radius 3 is 2.56 bits per heavy atom. The van der Waals surface area contributed by atoms with Crippen molar-refractivity contribution in [3.63, 3.8) is 0 Å². The third-order valence-corrected chi connectivity index (χ3v) is 6.79. The number of hydrogen-bond acceptors (Lipinski definition) is 3. The molecule has 0 unspecified atom stereocenters. The van der Waals surface area contributed by atoms with E-state index < -0.39 is 0 Å². The van der Waals surface area contributed by atoms with E-state index >= 15 is 0 Å². The van der Waals surface area contributed by atoms with E-state index in [-0.39, 0.29) is 29.3 Å². The molecule has 1 aliphatic carbocycles. The van der Waals surface area contributed by atoms with Crippen molar-refractivity contribution in [2.75, 3.05) is 19.7 Å². The van der Waals surface area contributed by atoms with Crippen LogP contribution in [0.4, 0.5) is 0 Å². The van der Waals surface area contributed by atoms with Crippen LogP contribution in [0.15, 0.2) is 0 Å². The number of carbonyl (C=O) groups excluding carboxylic acids is 2. The second kappa shape index (κ2) is 8.50. The highest BCUT2D eigenvalue weighted by atomic mass is 16.5. The molecule has 2 amide bonds. The van der Waals surface area contributed by atoms with Crippen molar-refractivity contribution in [2.45, 2.75) is 84.8 Å². The molecule has 0 aromatic rings. The first-order valence-corrected chi connectivity index (χ1v) is 10.9. The number of rotatable bonds is 4. The van der Waals surface area contributed by atoms with Gasteiger partial charge in [-0.15, -0.1) is 0 Å². The third-order valence-electron chi connectivity index (χ3n) is 6.79. The fourth-order valence-corrected chi connectivity index (χ4v) is 5.20. The molecular formula is C22H38N2O3. The Kier molecular flexibility index (Phi) is 6.50. The molecule has 0 radical (unpaired) electrons. The van der Waals surface area contributed by atoms with Gasteiger partial charge in [0.15, 0.2) is 0 Å². The topological polar surface area (TPSA) is 58.6 Å². The Labute approximate surface area is 164 Å². The number of carbonyl (C=O) groups is 2. The summed E-state index contributed by atoms with van der Waals surface area (Å²) in [6.07, 6.45) is 7.28. The smallest absolute Gasteiger partial charge is 0.225 e. The minimum absolute atomic E-state index is 0.0493. The molecule has 1 saturated carbocycles. The molecule has 0 aromatic heterocycles. The summed E-state index contributed by atoms with van der Waals surface area (Å²) in [6.45, 7) is 11.0. The van der Waals surface area contributed by atoms with Crippen molar-refractivity contribution in [3.8, 4) is 0 Å². The van der Waals surface area contributed by atoms with Gasteiger partial charge in [0.1, 0.15) is 0 Å². The molecule has 2 aliphatic heterocycles. The summed E-state index contributed by atoms with van der Waals surface area (Å²) in [5, 5.41) is 3.15.